The Morgan fingerprint density at radius 3 is 2.38 bits per heavy atom. The second kappa shape index (κ2) is 3.40. The van der Waals surface area contributed by atoms with Gasteiger partial charge in [-0.2, -0.15) is 0 Å². The standard InChI is InChI=1S/C4H9N3S/c1-3(2)6-4(8)7-5/h1,5H2,2H3,(H2,6,7,8). The monoisotopic (exact) mass is 131 g/mol. The van der Waals surface area contributed by atoms with Gasteiger partial charge in [-0.3, -0.25) is 0 Å². The molecule has 4 N–H and O–H groups in total. The van der Waals surface area contributed by atoms with Crippen LogP contribution in [0.2, 0.25) is 0 Å². The molecule has 8 heavy (non-hydrogen) atoms. The Hall–Kier alpha value is -0.610. The van der Waals surface area contributed by atoms with Gasteiger partial charge in [0.2, 0.25) is 0 Å². The second-order valence-electron chi connectivity index (χ2n) is 1.38. The number of hydrogen-bond donors (Lipinski definition) is 3. The molecule has 46 valence electrons. The van der Waals surface area contributed by atoms with Crippen LogP contribution in [0.25, 0.3) is 0 Å². The quantitative estimate of drug-likeness (QED) is 0.263. The van der Waals surface area contributed by atoms with Crippen LogP contribution in [0.4, 0.5) is 0 Å². The van der Waals surface area contributed by atoms with E-state index >= 15 is 0 Å². The highest BCUT2D eigenvalue weighted by atomic mass is 32.1. The van der Waals surface area contributed by atoms with E-state index in [0.29, 0.717) is 5.11 Å². The van der Waals surface area contributed by atoms with Crippen molar-refractivity contribution in [3.05, 3.63) is 12.3 Å². The van der Waals surface area contributed by atoms with Crippen LogP contribution in [0.1, 0.15) is 6.92 Å². The van der Waals surface area contributed by atoms with E-state index in [-0.39, 0.29) is 0 Å². The zero-order chi connectivity index (χ0) is 6.57. The number of allylic oxidation sites excluding steroid dienone is 1. The Balaban J connectivity index is 3.40. The maximum absolute atomic E-state index is 4.93. The Morgan fingerprint density at radius 2 is 2.25 bits per heavy atom. The van der Waals surface area contributed by atoms with Crippen LogP contribution in [0.5, 0.6) is 0 Å². The van der Waals surface area contributed by atoms with E-state index < -0.39 is 0 Å². The lowest BCUT2D eigenvalue weighted by molar-refractivity contribution is 0.971. The molecule has 0 unspecified atom stereocenters. The third-order valence-electron chi connectivity index (χ3n) is 0.458. The van der Waals surface area contributed by atoms with Crippen molar-refractivity contribution >= 4 is 17.3 Å². The predicted octanol–water partition coefficient (Wildman–Crippen LogP) is -0.142. The van der Waals surface area contributed by atoms with E-state index in [2.05, 4.69) is 29.5 Å². The van der Waals surface area contributed by atoms with Crippen LogP contribution in [-0.2, 0) is 0 Å². The predicted molar refractivity (Wildman–Crippen MR) is 37.9 cm³/mol. The molecule has 0 amide bonds. The molecule has 0 aliphatic heterocycles. The molecule has 0 rings (SSSR count). The average molecular weight is 131 g/mol. The number of thiocarbonyl (C=S) groups is 1. The highest BCUT2D eigenvalue weighted by molar-refractivity contribution is 7.80. The second-order valence-corrected chi connectivity index (χ2v) is 1.79. The lowest BCUT2D eigenvalue weighted by Crippen LogP contribution is -2.38. The summed E-state index contributed by atoms with van der Waals surface area (Å²) in [5.74, 6) is 4.93. The van der Waals surface area contributed by atoms with E-state index in [4.69, 9.17) is 5.84 Å². The Morgan fingerprint density at radius 1 is 1.75 bits per heavy atom. The molecule has 0 bridgehead atoms. The smallest absolute Gasteiger partial charge is 0.184 e. The first-order valence-electron chi connectivity index (χ1n) is 2.10. The fourth-order valence-electron chi connectivity index (χ4n) is 0.230. The molecular formula is C4H9N3S. The molecule has 0 spiro atoms. The SMILES string of the molecule is C=C(C)NC(=S)NN. The van der Waals surface area contributed by atoms with Crippen molar-refractivity contribution in [2.45, 2.75) is 6.92 Å². The third-order valence-corrected chi connectivity index (χ3v) is 0.678. The van der Waals surface area contributed by atoms with Gasteiger partial charge in [0.25, 0.3) is 0 Å². The topological polar surface area (TPSA) is 50.1 Å². The van der Waals surface area contributed by atoms with E-state index in [9.17, 15) is 0 Å². The van der Waals surface area contributed by atoms with Gasteiger partial charge in [-0.05, 0) is 19.1 Å². The molecule has 0 aromatic rings. The van der Waals surface area contributed by atoms with Crippen molar-refractivity contribution in [3.8, 4) is 0 Å². The van der Waals surface area contributed by atoms with Gasteiger partial charge >= 0.3 is 0 Å². The minimum atomic E-state index is 0.387. The Labute approximate surface area is 53.9 Å². The van der Waals surface area contributed by atoms with Gasteiger partial charge in [0.05, 0.1) is 0 Å². The normalized spacial score (nSPS) is 7.75. The van der Waals surface area contributed by atoms with Gasteiger partial charge in [-0.25, -0.2) is 5.84 Å². The van der Waals surface area contributed by atoms with Gasteiger partial charge in [0, 0.05) is 5.70 Å². The minimum Gasteiger partial charge on any atom is -0.336 e. The first-order valence-corrected chi connectivity index (χ1v) is 2.50. The summed E-state index contributed by atoms with van der Waals surface area (Å²) in [6.07, 6.45) is 0. The molecule has 0 aliphatic carbocycles. The van der Waals surface area contributed by atoms with Gasteiger partial charge in [-0.15, -0.1) is 0 Å². The fourth-order valence-corrected chi connectivity index (χ4v) is 0.404. The van der Waals surface area contributed by atoms with Crippen molar-refractivity contribution < 1.29 is 0 Å². The first kappa shape index (κ1) is 7.39. The van der Waals surface area contributed by atoms with Gasteiger partial charge in [0.15, 0.2) is 5.11 Å². The number of nitrogens with two attached hydrogens (primary N) is 1. The summed E-state index contributed by atoms with van der Waals surface area (Å²) >= 11 is 4.62. The Bertz CT molecular complexity index is 110. The molecule has 0 saturated carbocycles. The van der Waals surface area contributed by atoms with Crippen LogP contribution in [-0.4, -0.2) is 5.11 Å². The summed E-state index contributed by atoms with van der Waals surface area (Å²) < 4.78 is 0. The summed E-state index contributed by atoms with van der Waals surface area (Å²) in [4.78, 5) is 0. The van der Waals surface area contributed by atoms with Crippen molar-refractivity contribution in [2.75, 3.05) is 0 Å². The summed E-state index contributed by atoms with van der Waals surface area (Å²) in [5.41, 5.74) is 3.03. The van der Waals surface area contributed by atoms with Crippen LogP contribution in [0.15, 0.2) is 12.3 Å². The summed E-state index contributed by atoms with van der Waals surface area (Å²) in [5, 5.41) is 3.08. The number of rotatable bonds is 1. The highest BCUT2D eigenvalue weighted by Crippen LogP contribution is 1.75. The van der Waals surface area contributed by atoms with Crippen LogP contribution in [0.3, 0.4) is 0 Å². The number of hydrogen-bond acceptors (Lipinski definition) is 2. The molecule has 0 aliphatic rings. The fraction of sp³-hybridized carbons (Fsp3) is 0.250. The molecule has 0 saturated heterocycles. The summed E-state index contributed by atoms with van der Waals surface area (Å²) in [6, 6.07) is 0. The third kappa shape index (κ3) is 3.58. The summed E-state index contributed by atoms with van der Waals surface area (Å²) in [6.45, 7) is 5.34. The Kier molecular flexibility index (Phi) is 3.14. The van der Waals surface area contributed by atoms with E-state index in [1.165, 1.54) is 0 Å². The maximum Gasteiger partial charge on any atom is 0.184 e. The van der Waals surface area contributed by atoms with E-state index in [0.717, 1.165) is 5.70 Å². The van der Waals surface area contributed by atoms with E-state index in [1.54, 1.807) is 6.92 Å². The largest absolute Gasteiger partial charge is 0.336 e. The van der Waals surface area contributed by atoms with Gasteiger partial charge < -0.3 is 10.7 Å². The summed E-state index contributed by atoms with van der Waals surface area (Å²) in [7, 11) is 0. The molecular weight excluding hydrogens is 122 g/mol. The van der Waals surface area contributed by atoms with E-state index in [1.807, 2.05) is 0 Å². The minimum absolute atomic E-state index is 0.387. The molecule has 3 nitrogen and oxygen atoms in total. The molecule has 0 atom stereocenters. The maximum atomic E-state index is 4.93. The van der Waals surface area contributed by atoms with Crippen molar-refractivity contribution in [1.29, 1.82) is 0 Å². The van der Waals surface area contributed by atoms with Crippen LogP contribution in [0, 0.1) is 0 Å². The first-order chi connectivity index (χ1) is 3.66. The molecule has 0 fully saturated rings. The molecule has 0 radical (unpaired) electrons. The molecule has 0 heterocycles. The van der Waals surface area contributed by atoms with Crippen molar-refractivity contribution in [3.63, 3.8) is 0 Å². The van der Waals surface area contributed by atoms with Crippen molar-refractivity contribution in [2.24, 2.45) is 5.84 Å². The molecule has 0 aromatic carbocycles. The van der Waals surface area contributed by atoms with Gasteiger partial charge in [-0.1, -0.05) is 6.58 Å². The zero-order valence-corrected chi connectivity index (χ0v) is 5.51. The average Bonchev–Trinajstić information content (AvgIpc) is 1.65. The highest BCUT2D eigenvalue weighted by Gasteiger charge is 1.86. The lowest BCUT2D eigenvalue weighted by Gasteiger charge is -2.03. The van der Waals surface area contributed by atoms with Crippen molar-refractivity contribution in [1.82, 2.24) is 10.7 Å². The zero-order valence-electron chi connectivity index (χ0n) is 4.69. The number of hydrazine groups is 1. The number of nitrogens with one attached hydrogen (secondary N) is 2. The van der Waals surface area contributed by atoms with Crippen LogP contribution < -0.4 is 16.6 Å². The van der Waals surface area contributed by atoms with Crippen LogP contribution >= 0.6 is 12.2 Å². The van der Waals surface area contributed by atoms with Gasteiger partial charge in [0.1, 0.15) is 0 Å². The lowest BCUT2D eigenvalue weighted by atomic mass is 10.6. The molecule has 4 heteroatoms. The molecule has 0 aromatic heterocycles.